The fourth-order valence-electron chi connectivity index (χ4n) is 2.63. The summed E-state index contributed by atoms with van der Waals surface area (Å²) >= 11 is 0. The molecule has 0 radical (unpaired) electrons. The van der Waals surface area contributed by atoms with E-state index in [9.17, 15) is 8.42 Å². The van der Waals surface area contributed by atoms with Crippen LogP contribution < -0.4 is 14.8 Å². The van der Waals surface area contributed by atoms with Gasteiger partial charge in [-0.05, 0) is 18.1 Å². The zero-order valence-electron chi connectivity index (χ0n) is 13.4. The van der Waals surface area contributed by atoms with Gasteiger partial charge in [0.25, 0.3) is 0 Å². The molecule has 0 bridgehead atoms. The molecule has 2 rings (SSSR count). The fourth-order valence-corrected chi connectivity index (χ4v) is 3.46. The summed E-state index contributed by atoms with van der Waals surface area (Å²) in [6.45, 7) is 4.99. The van der Waals surface area contributed by atoms with E-state index in [1.165, 1.54) is 13.4 Å². The van der Waals surface area contributed by atoms with Crippen LogP contribution in [0.1, 0.15) is 5.56 Å². The maximum atomic E-state index is 11.8. The summed E-state index contributed by atoms with van der Waals surface area (Å²) in [5, 5.41) is 3.32. The summed E-state index contributed by atoms with van der Waals surface area (Å²) in [4.78, 5) is 2.55. The highest BCUT2D eigenvalue weighted by Gasteiger charge is 2.19. The van der Waals surface area contributed by atoms with Gasteiger partial charge >= 0.3 is 0 Å². The highest BCUT2D eigenvalue weighted by molar-refractivity contribution is 7.90. The minimum atomic E-state index is -3.35. The zero-order chi connectivity index (χ0) is 16.2. The van der Waals surface area contributed by atoms with Crippen molar-refractivity contribution in [2.75, 3.05) is 53.2 Å². The second-order valence-electron chi connectivity index (χ2n) is 5.43. The first-order valence-corrected chi connectivity index (χ1v) is 9.23. The Balaban J connectivity index is 2.22. The van der Waals surface area contributed by atoms with Crippen molar-refractivity contribution in [3.63, 3.8) is 0 Å². The van der Waals surface area contributed by atoms with E-state index in [-0.39, 0.29) is 4.90 Å². The van der Waals surface area contributed by atoms with Crippen LogP contribution in [0, 0.1) is 0 Å². The van der Waals surface area contributed by atoms with Crippen molar-refractivity contribution in [3.05, 3.63) is 17.7 Å². The molecule has 0 saturated carbocycles. The third-order valence-electron chi connectivity index (χ3n) is 3.87. The summed E-state index contributed by atoms with van der Waals surface area (Å²) < 4.78 is 34.3. The van der Waals surface area contributed by atoms with Crippen LogP contribution in [0.4, 0.5) is 0 Å². The van der Waals surface area contributed by atoms with Gasteiger partial charge in [0.1, 0.15) is 16.4 Å². The summed E-state index contributed by atoms with van der Waals surface area (Å²) in [7, 11) is -0.314. The summed E-state index contributed by atoms with van der Waals surface area (Å²) in [6.07, 6.45) is 1.97. The highest BCUT2D eigenvalue weighted by Crippen LogP contribution is 2.32. The molecule has 1 aliphatic heterocycles. The van der Waals surface area contributed by atoms with Gasteiger partial charge in [-0.25, -0.2) is 8.42 Å². The molecule has 22 heavy (non-hydrogen) atoms. The Bertz CT molecular complexity index is 610. The molecule has 1 aliphatic rings. The summed E-state index contributed by atoms with van der Waals surface area (Å²) in [6, 6.07) is 3.33. The normalized spacial score (nSPS) is 16.5. The lowest BCUT2D eigenvalue weighted by atomic mass is 10.1. The van der Waals surface area contributed by atoms with E-state index < -0.39 is 9.84 Å². The quantitative estimate of drug-likeness (QED) is 0.823. The molecule has 0 unspecified atom stereocenters. The molecule has 0 aliphatic carbocycles. The average Bonchev–Trinajstić information content (AvgIpc) is 2.52. The van der Waals surface area contributed by atoms with Gasteiger partial charge in [-0.1, -0.05) is 0 Å². The largest absolute Gasteiger partial charge is 0.496 e. The third kappa shape index (κ3) is 4.12. The molecule has 6 nitrogen and oxygen atoms in total. The van der Waals surface area contributed by atoms with Crippen LogP contribution in [-0.2, 0) is 16.3 Å². The predicted octanol–water partition coefficient (Wildman–Crippen LogP) is 0.555. The van der Waals surface area contributed by atoms with Crippen molar-refractivity contribution < 1.29 is 17.9 Å². The first-order chi connectivity index (χ1) is 10.5. The molecule has 7 heteroatoms. The van der Waals surface area contributed by atoms with Crippen LogP contribution in [-0.4, -0.2) is 66.5 Å². The van der Waals surface area contributed by atoms with E-state index in [4.69, 9.17) is 9.47 Å². The van der Waals surface area contributed by atoms with Crippen molar-refractivity contribution >= 4 is 9.84 Å². The standard InChI is InChI=1S/C15H24N2O4S/c1-20-13-11-15(22(3,18)19)14(21-2)10-12(13)4-7-17-8-5-16-6-9-17/h10-11,16H,4-9H2,1-3H3. The van der Waals surface area contributed by atoms with Gasteiger partial charge in [0, 0.05) is 45.0 Å². The van der Waals surface area contributed by atoms with Crippen LogP contribution in [0.5, 0.6) is 11.5 Å². The van der Waals surface area contributed by atoms with Crippen molar-refractivity contribution in [1.29, 1.82) is 0 Å². The second kappa shape index (κ2) is 7.30. The molecule has 1 fully saturated rings. The molecule has 0 spiro atoms. The van der Waals surface area contributed by atoms with Gasteiger partial charge in [0.15, 0.2) is 9.84 Å². The van der Waals surface area contributed by atoms with Crippen molar-refractivity contribution in [2.24, 2.45) is 0 Å². The molecular formula is C15H24N2O4S. The van der Waals surface area contributed by atoms with E-state index in [1.54, 1.807) is 19.2 Å². The number of sulfone groups is 1. The summed E-state index contributed by atoms with van der Waals surface area (Å²) in [5.41, 5.74) is 0.963. The lowest BCUT2D eigenvalue weighted by Gasteiger charge is -2.27. The molecule has 124 valence electrons. The molecule has 1 heterocycles. The summed E-state index contributed by atoms with van der Waals surface area (Å²) in [5.74, 6) is 0.968. The minimum absolute atomic E-state index is 0.165. The van der Waals surface area contributed by atoms with Gasteiger partial charge in [-0.3, -0.25) is 0 Å². The number of hydrogen-bond donors (Lipinski definition) is 1. The van der Waals surface area contributed by atoms with Gasteiger partial charge in [0.05, 0.1) is 14.2 Å². The van der Waals surface area contributed by atoms with Gasteiger partial charge in [-0.2, -0.15) is 0 Å². The number of hydrogen-bond acceptors (Lipinski definition) is 6. The van der Waals surface area contributed by atoms with Gasteiger partial charge in [-0.15, -0.1) is 0 Å². The number of nitrogens with zero attached hydrogens (tertiary/aromatic N) is 1. The lowest BCUT2D eigenvalue weighted by Crippen LogP contribution is -2.44. The smallest absolute Gasteiger partial charge is 0.179 e. The first kappa shape index (κ1) is 17.1. The first-order valence-electron chi connectivity index (χ1n) is 7.33. The molecule has 0 atom stereocenters. The van der Waals surface area contributed by atoms with Crippen LogP contribution in [0.25, 0.3) is 0 Å². The van der Waals surface area contributed by atoms with Gasteiger partial charge in [0.2, 0.25) is 0 Å². The van der Waals surface area contributed by atoms with Crippen LogP contribution in [0.2, 0.25) is 0 Å². The molecule has 1 N–H and O–H groups in total. The molecule has 1 saturated heterocycles. The number of methoxy groups -OCH3 is 2. The molecule has 0 amide bonds. The van der Waals surface area contributed by atoms with Crippen molar-refractivity contribution in [2.45, 2.75) is 11.3 Å². The highest BCUT2D eigenvalue weighted by atomic mass is 32.2. The number of ether oxygens (including phenoxy) is 2. The van der Waals surface area contributed by atoms with Crippen LogP contribution >= 0.6 is 0 Å². The topological polar surface area (TPSA) is 67.9 Å². The van der Waals surface area contributed by atoms with E-state index >= 15 is 0 Å². The maximum Gasteiger partial charge on any atom is 0.179 e. The molecule has 0 aromatic heterocycles. The third-order valence-corrected chi connectivity index (χ3v) is 4.99. The molecule has 1 aromatic rings. The Morgan fingerprint density at radius 1 is 1.14 bits per heavy atom. The fraction of sp³-hybridized carbons (Fsp3) is 0.600. The molecular weight excluding hydrogens is 304 g/mol. The van der Waals surface area contributed by atoms with E-state index in [1.807, 2.05) is 0 Å². The Hall–Kier alpha value is -1.31. The average molecular weight is 328 g/mol. The van der Waals surface area contributed by atoms with E-state index in [0.717, 1.165) is 44.7 Å². The second-order valence-corrected chi connectivity index (χ2v) is 7.41. The number of nitrogens with one attached hydrogen (secondary N) is 1. The van der Waals surface area contributed by atoms with Crippen molar-refractivity contribution in [3.8, 4) is 11.5 Å². The van der Waals surface area contributed by atoms with Crippen LogP contribution in [0.3, 0.4) is 0 Å². The van der Waals surface area contributed by atoms with E-state index in [0.29, 0.717) is 11.5 Å². The predicted molar refractivity (Wildman–Crippen MR) is 85.7 cm³/mol. The minimum Gasteiger partial charge on any atom is -0.496 e. The van der Waals surface area contributed by atoms with Crippen molar-refractivity contribution in [1.82, 2.24) is 10.2 Å². The Labute approximate surface area is 132 Å². The number of piperazine rings is 1. The Morgan fingerprint density at radius 3 is 2.32 bits per heavy atom. The van der Waals surface area contributed by atoms with Crippen LogP contribution in [0.15, 0.2) is 17.0 Å². The zero-order valence-corrected chi connectivity index (χ0v) is 14.2. The molecule has 1 aromatic carbocycles. The Kier molecular flexibility index (Phi) is 5.66. The Morgan fingerprint density at radius 2 is 1.77 bits per heavy atom. The van der Waals surface area contributed by atoms with E-state index in [2.05, 4.69) is 10.2 Å². The SMILES string of the molecule is COc1cc(S(C)(=O)=O)c(OC)cc1CCN1CCNCC1. The monoisotopic (exact) mass is 328 g/mol. The lowest BCUT2D eigenvalue weighted by molar-refractivity contribution is 0.243. The maximum absolute atomic E-state index is 11.8. The van der Waals surface area contributed by atoms with Gasteiger partial charge < -0.3 is 19.7 Å². The number of benzene rings is 1. The number of rotatable bonds is 6.